The lowest BCUT2D eigenvalue weighted by Gasteiger charge is -2.31. The molecule has 2 amide bonds. The molecule has 0 bridgehead atoms. The second kappa shape index (κ2) is 12.7. The van der Waals surface area contributed by atoms with Gasteiger partial charge in [-0.25, -0.2) is 0 Å². The van der Waals surface area contributed by atoms with Crippen molar-refractivity contribution >= 4 is 50.9 Å². The Hall–Kier alpha value is -1.76. The van der Waals surface area contributed by atoms with Gasteiger partial charge < -0.3 is 15.0 Å². The number of amides is 2. The lowest BCUT2D eigenvalue weighted by Crippen LogP contribution is -2.52. The van der Waals surface area contributed by atoms with Gasteiger partial charge >= 0.3 is 0 Å². The Morgan fingerprint density at radius 3 is 2.39 bits per heavy atom. The highest BCUT2D eigenvalue weighted by Gasteiger charge is 2.31. The van der Waals surface area contributed by atoms with Crippen LogP contribution in [-0.2, 0) is 21.5 Å². The molecule has 0 aromatic heterocycles. The number of benzene rings is 2. The predicted octanol–water partition coefficient (Wildman–Crippen LogP) is 7.30. The summed E-state index contributed by atoms with van der Waals surface area (Å²) in [5, 5.41) is 3.99. The number of nitrogens with zero attached hydrogens (tertiary/aromatic N) is 1. The lowest BCUT2D eigenvalue weighted by molar-refractivity contribution is -0.143. The van der Waals surface area contributed by atoms with E-state index in [1.165, 1.54) is 0 Å². The first-order valence-electron chi connectivity index (χ1n) is 12.5. The minimum Gasteiger partial charge on any atom is -0.483 e. The van der Waals surface area contributed by atoms with Crippen molar-refractivity contribution in [1.29, 1.82) is 0 Å². The highest BCUT2D eigenvalue weighted by Crippen LogP contribution is 2.32. The Balaban J connectivity index is 1.80. The number of nitrogens with one attached hydrogen (secondary N) is 1. The number of carbonyl (C=O) groups excluding carboxylic acids is 2. The molecule has 1 saturated carbocycles. The normalized spacial score (nSPS) is 15.0. The zero-order valence-corrected chi connectivity index (χ0v) is 24.5. The smallest absolute Gasteiger partial charge is 0.261 e. The topological polar surface area (TPSA) is 58.6 Å². The molecule has 0 radical (unpaired) electrons. The van der Waals surface area contributed by atoms with Gasteiger partial charge in [-0.3, -0.25) is 9.59 Å². The van der Waals surface area contributed by atoms with Gasteiger partial charge in [-0.1, -0.05) is 75.9 Å². The van der Waals surface area contributed by atoms with Crippen LogP contribution >= 0.6 is 39.1 Å². The second-order valence-electron chi connectivity index (χ2n) is 10.4. The second-order valence-corrected chi connectivity index (χ2v) is 12.0. The zero-order chi connectivity index (χ0) is 26.5. The fourth-order valence-corrected chi connectivity index (χ4v) is 5.24. The molecule has 0 saturated heterocycles. The Bertz CT molecular complexity index is 1080. The maximum absolute atomic E-state index is 13.5. The van der Waals surface area contributed by atoms with Crippen molar-refractivity contribution in [3.8, 4) is 5.75 Å². The van der Waals surface area contributed by atoms with E-state index in [2.05, 4.69) is 42.0 Å². The van der Waals surface area contributed by atoms with Gasteiger partial charge in [0.1, 0.15) is 11.8 Å². The number of hydrogen-bond donors (Lipinski definition) is 1. The van der Waals surface area contributed by atoms with Crippen molar-refractivity contribution in [3.05, 3.63) is 62.0 Å². The molecule has 196 valence electrons. The average molecular weight is 598 g/mol. The van der Waals surface area contributed by atoms with Gasteiger partial charge in [-0.15, -0.1) is 0 Å². The zero-order valence-electron chi connectivity index (χ0n) is 21.4. The van der Waals surface area contributed by atoms with Crippen LogP contribution in [0.4, 0.5) is 0 Å². The quantitative estimate of drug-likeness (QED) is 0.330. The molecular formula is C28H35BrCl2N2O3. The van der Waals surface area contributed by atoms with Crippen molar-refractivity contribution in [2.24, 2.45) is 0 Å². The highest BCUT2D eigenvalue weighted by atomic mass is 79.9. The summed E-state index contributed by atoms with van der Waals surface area (Å²) in [7, 11) is 0. The first-order valence-corrected chi connectivity index (χ1v) is 14.0. The van der Waals surface area contributed by atoms with Crippen LogP contribution in [-0.4, -0.2) is 35.4 Å². The third-order valence-electron chi connectivity index (χ3n) is 6.57. The van der Waals surface area contributed by atoms with Crippen LogP contribution in [0.25, 0.3) is 0 Å². The van der Waals surface area contributed by atoms with E-state index in [0.717, 1.165) is 41.3 Å². The van der Waals surface area contributed by atoms with E-state index in [4.69, 9.17) is 27.9 Å². The summed E-state index contributed by atoms with van der Waals surface area (Å²) >= 11 is 15.9. The van der Waals surface area contributed by atoms with Crippen molar-refractivity contribution in [2.45, 2.75) is 83.8 Å². The molecule has 5 nitrogen and oxygen atoms in total. The predicted molar refractivity (Wildman–Crippen MR) is 150 cm³/mol. The number of carbonyl (C=O) groups is 2. The van der Waals surface area contributed by atoms with Crippen molar-refractivity contribution in [1.82, 2.24) is 10.2 Å². The van der Waals surface area contributed by atoms with Gasteiger partial charge in [0.25, 0.3) is 5.91 Å². The Kier molecular flexibility index (Phi) is 10.1. The maximum atomic E-state index is 13.5. The fraction of sp³-hybridized carbons (Fsp3) is 0.500. The van der Waals surface area contributed by atoms with Crippen molar-refractivity contribution < 1.29 is 14.3 Å². The Morgan fingerprint density at radius 2 is 1.81 bits per heavy atom. The number of hydrogen-bond acceptors (Lipinski definition) is 3. The number of rotatable bonds is 9. The lowest BCUT2D eigenvalue weighted by atomic mass is 9.87. The van der Waals surface area contributed by atoms with E-state index in [-0.39, 0.29) is 36.4 Å². The molecule has 2 aromatic rings. The van der Waals surface area contributed by atoms with Crippen LogP contribution in [0, 0.1) is 0 Å². The molecule has 0 unspecified atom stereocenters. The maximum Gasteiger partial charge on any atom is 0.261 e. The van der Waals surface area contributed by atoms with Gasteiger partial charge in [0.2, 0.25) is 5.91 Å². The summed E-state index contributed by atoms with van der Waals surface area (Å²) in [6.07, 6.45) is 4.67. The van der Waals surface area contributed by atoms with E-state index < -0.39 is 6.04 Å². The number of halogens is 3. The minimum absolute atomic E-state index is 0.00541. The molecule has 1 aliphatic carbocycles. The molecule has 1 atom stereocenters. The molecule has 2 aromatic carbocycles. The van der Waals surface area contributed by atoms with Crippen LogP contribution in [0.1, 0.15) is 70.9 Å². The monoisotopic (exact) mass is 596 g/mol. The molecule has 1 fully saturated rings. The summed E-state index contributed by atoms with van der Waals surface area (Å²) < 4.78 is 6.70. The van der Waals surface area contributed by atoms with E-state index in [1.807, 2.05) is 31.2 Å². The summed E-state index contributed by atoms with van der Waals surface area (Å²) in [5.41, 5.74) is 1.94. The Morgan fingerprint density at radius 1 is 1.11 bits per heavy atom. The van der Waals surface area contributed by atoms with Gasteiger partial charge in [-0.05, 0) is 76.0 Å². The summed E-state index contributed by atoms with van der Waals surface area (Å²) in [6.45, 7) is 8.36. The van der Waals surface area contributed by atoms with Crippen LogP contribution in [0.5, 0.6) is 5.75 Å². The molecular weight excluding hydrogens is 563 g/mol. The molecule has 0 heterocycles. The summed E-state index contributed by atoms with van der Waals surface area (Å²) in [4.78, 5) is 28.3. The molecule has 36 heavy (non-hydrogen) atoms. The van der Waals surface area contributed by atoms with E-state index in [0.29, 0.717) is 22.2 Å². The first kappa shape index (κ1) is 28.8. The van der Waals surface area contributed by atoms with Gasteiger partial charge in [0, 0.05) is 12.6 Å². The van der Waals surface area contributed by atoms with E-state index in [1.54, 1.807) is 17.0 Å². The van der Waals surface area contributed by atoms with Gasteiger partial charge in [-0.2, -0.15) is 0 Å². The summed E-state index contributed by atoms with van der Waals surface area (Å²) in [5.74, 6) is 0.170. The minimum atomic E-state index is -0.622. The van der Waals surface area contributed by atoms with Crippen LogP contribution in [0.15, 0.2) is 40.9 Å². The third-order valence-corrected chi connectivity index (χ3v) is 7.93. The molecule has 1 N–H and O–H groups in total. The molecule has 8 heteroatoms. The molecule has 1 aliphatic rings. The number of ether oxygens (including phenoxy) is 1. The van der Waals surface area contributed by atoms with E-state index >= 15 is 0 Å². The first-order chi connectivity index (χ1) is 17.0. The van der Waals surface area contributed by atoms with Crippen LogP contribution in [0.3, 0.4) is 0 Å². The van der Waals surface area contributed by atoms with Crippen LogP contribution in [0.2, 0.25) is 10.0 Å². The van der Waals surface area contributed by atoms with Crippen molar-refractivity contribution in [3.63, 3.8) is 0 Å². The van der Waals surface area contributed by atoms with E-state index in [9.17, 15) is 9.59 Å². The standard InChI is InChI=1S/C28H35BrCl2N2O3/c1-5-24(27(35)32-20-8-6-7-9-20)33(16-18-10-12-22(30)23(31)14-18)26(34)17-36-25-13-11-19(15-21(25)29)28(2,3)4/h10-15,20,24H,5-9,16-17H2,1-4H3,(H,32,35)/t24-/m0/s1. The van der Waals surface area contributed by atoms with Gasteiger partial charge in [0.05, 0.1) is 14.5 Å². The summed E-state index contributed by atoms with van der Waals surface area (Å²) in [6, 6.07) is 10.7. The molecule has 3 rings (SSSR count). The largest absolute Gasteiger partial charge is 0.483 e. The average Bonchev–Trinajstić information content (AvgIpc) is 3.32. The SMILES string of the molecule is CC[C@@H](C(=O)NC1CCCC1)N(Cc1ccc(Cl)c(Cl)c1)C(=O)COc1ccc(C(C)(C)C)cc1Br. The highest BCUT2D eigenvalue weighted by molar-refractivity contribution is 9.10. The molecule has 0 spiro atoms. The molecule has 0 aliphatic heterocycles. The fourth-order valence-electron chi connectivity index (χ4n) is 4.43. The van der Waals surface area contributed by atoms with Crippen LogP contribution < -0.4 is 10.1 Å². The third kappa shape index (κ3) is 7.62. The van der Waals surface area contributed by atoms with Crippen molar-refractivity contribution in [2.75, 3.05) is 6.61 Å². The Labute approximate surface area is 233 Å². The van der Waals surface area contributed by atoms with Gasteiger partial charge in [0.15, 0.2) is 6.61 Å².